The minimum atomic E-state index is -0.372. The van der Waals surface area contributed by atoms with Crippen molar-refractivity contribution in [1.82, 2.24) is 10.2 Å². The van der Waals surface area contributed by atoms with Crippen LogP contribution in [0.2, 0.25) is 0 Å². The lowest BCUT2D eigenvalue weighted by molar-refractivity contribution is -0.122. The van der Waals surface area contributed by atoms with Gasteiger partial charge in [-0.3, -0.25) is 9.59 Å². The Morgan fingerprint density at radius 2 is 2.16 bits per heavy atom. The molecule has 1 atom stereocenters. The number of carbonyl (C=O) groups excluding carboxylic acids is 2. The number of carbonyl (C=O) groups is 2. The van der Waals surface area contributed by atoms with E-state index in [2.05, 4.69) is 22.4 Å². The maximum atomic E-state index is 12.5. The first-order chi connectivity index (χ1) is 12.1. The number of anilines is 2. The third-order valence-electron chi connectivity index (χ3n) is 4.06. The van der Waals surface area contributed by atoms with Crippen LogP contribution in [-0.2, 0) is 16.0 Å². The smallest absolute Gasteiger partial charge is 0.231 e. The van der Waals surface area contributed by atoms with Crippen LogP contribution < -0.4 is 10.2 Å². The van der Waals surface area contributed by atoms with E-state index in [0.717, 1.165) is 27.8 Å². The fourth-order valence-corrected chi connectivity index (χ4v) is 4.49. The van der Waals surface area contributed by atoms with Crippen LogP contribution in [0.5, 0.6) is 0 Å². The van der Waals surface area contributed by atoms with Crippen molar-refractivity contribution in [3.05, 3.63) is 29.8 Å². The zero-order valence-electron chi connectivity index (χ0n) is 14.2. The van der Waals surface area contributed by atoms with Crippen LogP contribution in [0.25, 0.3) is 0 Å². The quantitative estimate of drug-likeness (QED) is 0.619. The molecule has 1 saturated heterocycles. The number of aromatic nitrogens is 2. The Morgan fingerprint density at radius 3 is 2.92 bits per heavy atom. The third-order valence-corrected chi connectivity index (χ3v) is 5.92. The van der Waals surface area contributed by atoms with Crippen molar-refractivity contribution in [1.29, 1.82) is 0 Å². The second-order valence-electron chi connectivity index (χ2n) is 5.68. The van der Waals surface area contributed by atoms with E-state index in [1.807, 2.05) is 31.2 Å². The van der Waals surface area contributed by atoms with E-state index in [-0.39, 0.29) is 24.2 Å². The van der Waals surface area contributed by atoms with Crippen molar-refractivity contribution in [2.24, 2.45) is 5.92 Å². The first kappa shape index (κ1) is 17.9. The molecule has 1 aliphatic rings. The highest BCUT2D eigenvalue weighted by Crippen LogP contribution is 2.30. The first-order valence-corrected chi connectivity index (χ1v) is 10.1. The summed E-state index contributed by atoms with van der Waals surface area (Å²) in [6, 6.07) is 7.85. The Kier molecular flexibility index (Phi) is 5.70. The van der Waals surface area contributed by atoms with E-state index < -0.39 is 0 Å². The molecule has 2 aromatic rings. The number of nitrogens with one attached hydrogen (secondary N) is 1. The fraction of sp³-hybridized carbons (Fsp3) is 0.412. The van der Waals surface area contributed by atoms with Crippen LogP contribution in [0, 0.1) is 5.92 Å². The van der Waals surface area contributed by atoms with Crippen molar-refractivity contribution in [3.8, 4) is 0 Å². The van der Waals surface area contributed by atoms with Gasteiger partial charge in [0.1, 0.15) is 0 Å². The van der Waals surface area contributed by atoms with E-state index in [4.69, 9.17) is 0 Å². The van der Waals surface area contributed by atoms with Crippen LogP contribution in [0.3, 0.4) is 0 Å². The highest BCUT2D eigenvalue weighted by Gasteiger charge is 2.36. The minimum Gasteiger partial charge on any atom is -0.311 e. The van der Waals surface area contributed by atoms with E-state index in [9.17, 15) is 9.59 Å². The molecular formula is C17H20N4O2S2. The summed E-state index contributed by atoms with van der Waals surface area (Å²) in [5.74, 6) is 0.351. The van der Waals surface area contributed by atoms with Crippen molar-refractivity contribution in [2.75, 3.05) is 22.5 Å². The standard InChI is InChI=1S/C17H20N4O2S2/c1-3-11-7-5-6-8-13(11)21-10-12(9-14(21)22)15(23)18-16-19-20-17(25-16)24-4-2/h5-8,12H,3-4,9-10H2,1-2H3,(H,18,19,23)/t12-/m0/s1. The highest BCUT2D eigenvalue weighted by molar-refractivity contribution is 8.01. The van der Waals surface area contributed by atoms with Gasteiger partial charge in [-0.15, -0.1) is 10.2 Å². The number of amides is 2. The summed E-state index contributed by atoms with van der Waals surface area (Å²) in [6.45, 7) is 4.50. The molecule has 0 bridgehead atoms. The molecule has 8 heteroatoms. The molecule has 0 unspecified atom stereocenters. The maximum Gasteiger partial charge on any atom is 0.231 e. The molecule has 0 spiro atoms. The van der Waals surface area contributed by atoms with Crippen LogP contribution in [0.1, 0.15) is 25.8 Å². The van der Waals surface area contributed by atoms with Crippen LogP contribution >= 0.6 is 23.1 Å². The highest BCUT2D eigenvalue weighted by atomic mass is 32.2. The van der Waals surface area contributed by atoms with Crippen LogP contribution in [0.4, 0.5) is 10.8 Å². The van der Waals surface area contributed by atoms with Gasteiger partial charge in [0.15, 0.2) is 4.34 Å². The zero-order valence-corrected chi connectivity index (χ0v) is 15.8. The van der Waals surface area contributed by atoms with Crippen LogP contribution in [-0.4, -0.2) is 34.3 Å². The molecule has 6 nitrogen and oxygen atoms in total. The van der Waals surface area contributed by atoms with Gasteiger partial charge >= 0.3 is 0 Å². The average molecular weight is 377 g/mol. The number of thioether (sulfide) groups is 1. The molecule has 1 aliphatic heterocycles. The summed E-state index contributed by atoms with van der Waals surface area (Å²) < 4.78 is 0.832. The van der Waals surface area contributed by atoms with E-state index in [1.54, 1.807) is 16.7 Å². The van der Waals surface area contributed by atoms with Gasteiger partial charge in [-0.05, 0) is 23.8 Å². The summed E-state index contributed by atoms with van der Waals surface area (Å²) in [4.78, 5) is 26.6. The van der Waals surface area contributed by atoms with Crippen molar-refractivity contribution >= 4 is 45.7 Å². The number of nitrogens with zero attached hydrogens (tertiary/aromatic N) is 3. The second-order valence-corrected chi connectivity index (χ2v) is 8.17. The second kappa shape index (κ2) is 7.97. The monoisotopic (exact) mass is 376 g/mol. The largest absolute Gasteiger partial charge is 0.311 e. The lowest BCUT2D eigenvalue weighted by atomic mass is 10.1. The van der Waals surface area contributed by atoms with Gasteiger partial charge in [0, 0.05) is 18.7 Å². The molecule has 1 aromatic carbocycles. The summed E-state index contributed by atoms with van der Waals surface area (Å²) in [7, 11) is 0. The molecule has 1 aromatic heterocycles. The Labute approximate surface area is 155 Å². The predicted octanol–water partition coefficient (Wildman–Crippen LogP) is 3.20. The fourth-order valence-electron chi connectivity index (χ4n) is 2.84. The lowest BCUT2D eigenvalue weighted by Gasteiger charge is -2.19. The number of para-hydroxylation sites is 1. The molecule has 0 saturated carbocycles. The molecule has 2 heterocycles. The molecule has 25 heavy (non-hydrogen) atoms. The molecule has 2 amide bonds. The van der Waals surface area contributed by atoms with Gasteiger partial charge in [0.05, 0.1) is 5.92 Å². The number of hydrogen-bond acceptors (Lipinski definition) is 6. The molecule has 0 aliphatic carbocycles. The molecule has 132 valence electrons. The summed E-state index contributed by atoms with van der Waals surface area (Å²) >= 11 is 2.95. The summed E-state index contributed by atoms with van der Waals surface area (Å²) in [5, 5.41) is 11.3. The SMILES string of the molecule is CCSc1nnc(NC(=O)[C@H]2CC(=O)N(c3ccccc3CC)C2)s1. The molecule has 1 fully saturated rings. The van der Waals surface area contributed by atoms with Crippen molar-refractivity contribution in [2.45, 2.75) is 31.0 Å². The average Bonchev–Trinajstić information content (AvgIpc) is 3.21. The maximum absolute atomic E-state index is 12.5. The molecule has 0 radical (unpaired) electrons. The molecule has 3 rings (SSSR count). The van der Waals surface area contributed by atoms with Crippen LogP contribution in [0.15, 0.2) is 28.6 Å². The number of aryl methyl sites for hydroxylation is 1. The van der Waals surface area contributed by atoms with Gasteiger partial charge < -0.3 is 10.2 Å². The van der Waals surface area contributed by atoms with Gasteiger partial charge in [-0.1, -0.05) is 55.1 Å². The first-order valence-electron chi connectivity index (χ1n) is 8.27. The number of benzene rings is 1. The lowest BCUT2D eigenvalue weighted by Crippen LogP contribution is -2.28. The normalized spacial score (nSPS) is 17.1. The van der Waals surface area contributed by atoms with Gasteiger partial charge in [-0.25, -0.2) is 0 Å². The number of rotatable bonds is 6. The Balaban J connectivity index is 1.68. The van der Waals surface area contributed by atoms with Crippen molar-refractivity contribution in [3.63, 3.8) is 0 Å². The van der Waals surface area contributed by atoms with Gasteiger partial charge in [0.2, 0.25) is 16.9 Å². The number of hydrogen-bond donors (Lipinski definition) is 1. The van der Waals surface area contributed by atoms with E-state index in [0.29, 0.717) is 11.7 Å². The van der Waals surface area contributed by atoms with Crippen molar-refractivity contribution < 1.29 is 9.59 Å². The summed E-state index contributed by atoms with van der Waals surface area (Å²) in [5.41, 5.74) is 2.02. The topological polar surface area (TPSA) is 75.2 Å². The molecule has 1 N–H and O–H groups in total. The Hall–Kier alpha value is -1.93. The zero-order chi connectivity index (χ0) is 17.8. The van der Waals surface area contributed by atoms with Gasteiger partial charge in [-0.2, -0.15) is 0 Å². The Morgan fingerprint density at radius 1 is 1.36 bits per heavy atom. The van der Waals surface area contributed by atoms with E-state index >= 15 is 0 Å². The minimum absolute atomic E-state index is 0.0134. The Bertz CT molecular complexity index is 778. The van der Waals surface area contributed by atoms with Gasteiger partial charge in [0.25, 0.3) is 0 Å². The predicted molar refractivity (Wildman–Crippen MR) is 101 cm³/mol. The van der Waals surface area contributed by atoms with E-state index in [1.165, 1.54) is 11.3 Å². The summed E-state index contributed by atoms with van der Waals surface area (Å²) in [6.07, 6.45) is 1.07. The molecular weight excluding hydrogens is 356 g/mol. The third kappa shape index (κ3) is 4.01.